The number of urea groups is 1. The fourth-order valence-corrected chi connectivity index (χ4v) is 4.67. The second-order valence-corrected chi connectivity index (χ2v) is 7.55. The number of nitrogens with zero attached hydrogens (tertiary/aromatic N) is 1. The molecule has 0 bridgehead atoms. The van der Waals surface area contributed by atoms with Crippen molar-refractivity contribution in [2.24, 2.45) is 0 Å². The van der Waals surface area contributed by atoms with Crippen LogP contribution < -0.4 is 10.6 Å². The largest absolute Gasteiger partial charge is 0.374 e. The molecule has 6 heteroatoms. The summed E-state index contributed by atoms with van der Waals surface area (Å²) in [5.74, 6) is 2.23. The summed E-state index contributed by atoms with van der Waals surface area (Å²) in [6.45, 7) is 3.33. The van der Waals surface area contributed by atoms with Gasteiger partial charge < -0.3 is 15.4 Å². The van der Waals surface area contributed by atoms with Crippen LogP contribution in [0.25, 0.3) is 0 Å². The molecule has 5 nitrogen and oxygen atoms in total. The molecule has 23 heavy (non-hydrogen) atoms. The third kappa shape index (κ3) is 4.61. The Morgan fingerprint density at radius 3 is 3.22 bits per heavy atom. The lowest BCUT2D eigenvalue weighted by molar-refractivity contribution is -0.0684. The molecular formula is C17H25N3O2S. The normalized spacial score (nSPS) is 27.1. The monoisotopic (exact) mass is 335 g/mol. The Kier molecular flexibility index (Phi) is 5.43. The van der Waals surface area contributed by atoms with Gasteiger partial charge in [-0.05, 0) is 44.1 Å². The molecule has 1 aromatic rings. The second kappa shape index (κ2) is 7.53. The Labute approximate surface area is 142 Å². The topological polar surface area (TPSA) is 63.2 Å². The van der Waals surface area contributed by atoms with Crippen LogP contribution in [-0.2, 0) is 11.2 Å². The van der Waals surface area contributed by atoms with Crippen LogP contribution in [0.1, 0.15) is 30.7 Å². The maximum absolute atomic E-state index is 12.1. The lowest BCUT2D eigenvalue weighted by Gasteiger charge is -2.37. The van der Waals surface area contributed by atoms with Gasteiger partial charge in [0, 0.05) is 42.8 Å². The molecule has 1 spiro atoms. The van der Waals surface area contributed by atoms with Crippen LogP contribution in [0.2, 0.25) is 0 Å². The summed E-state index contributed by atoms with van der Waals surface area (Å²) >= 11 is 1.95. The van der Waals surface area contributed by atoms with Crippen LogP contribution in [0.15, 0.2) is 18.2 Å². The van der Waals surface area contributed by atoms with Crippen molar-refractivity contribution >= 4 is 17.8 Å². The first-order chi connectivity index (χ1) is 11.2. The summed E-state index contributed by atoms with van der Waals surface area (Å²) in [5, 5.41) is 6.05. The van der Waals surface area contributed by atoms with Crippen molar-refractivity contribution in [3.8, 4) is 0 Å². The second-order valence-electron chi connectivity index (χ2n) is 6.44. The van der Waals surface area contributed by atoms with E-state index in [0.29, 0.717) is 6.54 Å². The van der Waals surface area contributed by atoms with Crippen molar-refractivity contribution in [1.82, 2.24) is 15.6 Å². The van der Waals surface area contributed by atoms with E-state index in [-0.39, 0.29) is 17.7 Å². The van der Waals surface area contributed by atoms with Gasteiger partial charge in [-0.25, -0.2) is 4.79 Å². The summed E-state index contributed by atoms with van der Waals surface area (Å²) in [5.41, 5.74) is 2.03. The molecule has 2 unspecified atom stereocenters. The van der Waals surface area contributed by atoms with Crippen LogP contribution in [-0.4, -0.2) is 47.3 Å². The Morgan fingerprint density at radius 2 is 2.43 bits per heavy atom. The number of rotatable bonds is 4. The molecule has 2 saturated heterocycles. The quantitative estimate of drug-likeness (QED) is 0.886. The smallest absolute Gasteiger partial charge is 0.315 e. The number of carbonyl (C=O) groups excluding carboxylic acids is 1. The highest BCUT2D eigenvalue weighted by atomic mass is 32.2. The summed E-state index contributed by atoms with van der Waals surface area (Å²) in [7, 11) is 0. The molecule has 0 saturated carbocycles. The molecule has 2 aliphatic rings. The molecule has 0 radical (unpaired) electrons. The predicted molar refractivity (Wildman–Crippen MR) is 92.9 cm³/mol. The van der Waals surface area contributed by atoms with Crippen molar-refractivity contribution in [3.05, 3.63) is 29.6 Å². The van der Waals surface area contributed by atoms with Gasteiger partial charge in [0.05, 0.1) is 5.60 Å². The van der Waals surface area contributed by atoms with Gasteiger partial charge in [0.25, 0.3) is 0 Å². The maximum atomic E-state index is 12.1. The van der Waals surface area contributed by atoms with Crippen molar-refractivity contribution in [2.75, 3.05) is 24.7 Å². The predicted octanol–water partition coefficient (Wildman–Crippen LogP) is 2.29. The number of hydrogen-bond donors (Lipinski definition) is 2. The molecule has 126 valence electrons. The number of ether oxygens (including phenoxy) is 1. The SMILES string of the molecule is Cc1cccc(CCNC(=O)NC2CCOC3(CCSC3)C2)n1. The Morgan fingerprint density at radius 1 is 1.52 bits per heavy atom. The highest BCUT2D eigenvalue weighted by Crippen LogP contribution is 2.38. The summed E-state index contributed by atoms with van der Waals surface area (Å²) in [4.78, 5) is 16.5. The van der Waals surface area contributed by atoms with Gasteiger partial charge in [-0.3, -0.25) is 4.98 Å². The zero-order valence-electron chi connectivity index (χ0n) is 13.6. The molecule has 2 N–H and O–H groups in total. The molecule has 0 aromatic carbocycles. The molecular weight excluding hydrogens is 310 g/mol. The van der Waals surface area contributed by atoms with Crippen molar-refractivity contribution < 1.29 is 9.53 Å². The van der Waals surface area contributed by atoms with E-state index in [9.17, 15) is 4.79 Å². The molecule has 1 aromatic heterocycles. The van der Waals surface area contributed by atoms with Crippen LogP contribution in [0.4, 0.5) is 4.79 Å². The van der Waals surface area contributed by atoms with Gasteiger partial charge in [-0.2, -0.15) is 11.8 Å². The lowest BCUT2D eigenvalue weighted by atomic mass is 9.90. The van der Waals surface area contributed by atoms with Gasteiger partial charge in [-0.15, -0.1) is 0 Å². The molecule has 2 fully saturated rings. The van der Waals surface area contributed by atoms with Crippen LogP contribution in [0, 0.1) is 6.92 Å². The minimum absolute atomic E-state index is 0.00630. The van der Waals surface area contributed by atoms with E-state index in [1.54, 1.807) is 0 Å². The first-order valence-electron chi connectivity index (χ1n) is 8.34. The molecule has 3 heterocycles. The Balaban J connectivity index is 1.40. The number of pyridine rings is 1. The van der Waals surface area contributed by atoms with Crippen molar-refractivity contribution in [3.63, 3.8) is 0 Å². The van der Waals surface area contributed by atoms with Crippen LogP contribution in [0.5, 0.6) is 0 Å². The van der Waals surface area contributed by atoms with Gasteiger partial charge in [0.1, 0.15) is 0 Å². The standard InChI is InChI=1S/C17H25N3O2S/c1-13-3-2-4-14(19-13)5-8-18-16(21)20-15-6-9-22-17(11-15)7-10-23-12-17/h2-4,15H,5-12H2,1H3,(H2,18,20,21). The average Bonchev–Trinajstić information content (AvgIpc) is 2.95. The first-order valence-corrected chi connectivity index (χ1v) is 9.49. The number of aromatic nitrogens is 1. The molecule has 2 aliphatic heterocycles. The van der Waals surface area contributed by atoms with Gasteiger partial charge >= 0.3 is 6.03 Å². The Hall–Kier alpha value is -1.27. The number of thioether (sulfide) groups is 1. The third-order valence-corrected chi connectivity index (χ3v) is 5.73. The van der Waals surface area contributed by atoms with E-state index in [0.717, 1.165) is 49.4 Å². The van der Waals surface area contributed by atoms with E-state index >= 15 is 0 Å². The third-order valence-electron chi connectivity index (χ3n) is 4.51. The van der Waals surface area contributed by atoms with E-state index < -0.39 is 0 Å². The van der Waals surface area contributed by atoms with Gasteiger partial charge in [-0.1, -0.05) is 6.07 Å². The number of nitrogens with one attached hydrogen (secondary N) is 2. The highest BCUT2D eigenvalue weighted by Gasteiger charge is 2.40. The zero-order chi connectivity index (χ0) is 16.1. The molecule has 3 rings (SSSR count). The van der Waals surface area contributed by atoms with E-state index in [4.69, 9.17) is 4.74 Å². The van der Waals surface area contributed by atoms with Crippen molar-refractivity contribution in [1.29, 1.82) is 0 Å². The number of aryl methyl sites for hydroxylation is 1. The van der Waals surface area contributed by atoms with E-state index in [1.165, 1.54) is 5.75 Å². The first kappa shape index (κ1) is 16.6. The zero-order valence-corrected chi connectivity index (χ0v) is 14.5. The average molecular weight is 335 g/mol. The number of carbonyl (C=O) groups is 1. The molecule has 2 amide bonds. The van der Waals surface area contributed by atoms with Gasteiger partial charge in [0.2, 0.25) is 0 Å². The minimum atomic E-state index is -0.0784. The maximum Gasteiger partial charge on any atom is 0.315 e. The number of hydrogen-bond acceptors (Lipinski definition) is 4. The molecule has 0 aliphatic carbocycles. The minimum Gasteiger partial charge on any atom is -0.374 e. The molecule has 2 atom stereocenters. The summed E-state index contributed by atoms with van der Waals surface area (Å²) in [6, 6.07) is 6.11. The van der Waals surface area contributed by atoms with Crippen molar-refractivity contribution in [2.45, 2.75) is 44.2 Å². The van der Waals surface area contributed by atoms with E-state index in [2.05, 4.69) is 15.6 Å². The lowest BCUT2D eigenvalue weighted by Crippen LogP contribution is -2.51. The number of amides is 2. The highest BCUT2D eigenvalue weighted by molar-refractivity contribution is 7.99. The summed E-state index contributed by atoms with van der Waals surface area (Å²) < 4.78 is 5.99. The Bertz CT molecular complexity index is 546. The van der Waals surface area contributed by atoms with E-state index in [1.807, 2.05) is 36.9 Å². The van der Waals surface area contributed by atoms with Gasteiger partial charge in [0.15, 0.2) is 0 Å². The fourth-order valence-electron chi connectivity index (χ4n) is 3.29. The summed E-state index contributed by atoms with van der Waals surface area (Å²) in [6.07, 6.45) is 3.70. The van der Waals surface area contributed by atoms with Crippen LogP contribution >= 0.6 is 11.8 Å². The van der Waals surface area contributed by atoms with Crippen LogP contribution in [0.3, 0.4) is 0 Å². The fraction of sp³-hybridized carbons (Fsp3) is 0.647.